The van der Waals surface area contributed by atoms with E-state index in [0.29, 0.717) is 12.5 Å². The molecule has 1 fully saturated rings. The van der Waals surface area contributed by atoms with E-state index in [-0.39, 0.29) is 11.8 Å². The number of hydrogen-bond acceptors (Lipinski definition) is 3. The van der Waals surface area contributed by atoms with Crippen molar-refractivity contribution in [3.8, 4) is 0 Å². The van der Waals surface area contributed by atoms with Gasteiger partial charge >= 0.3 is 5.97 Å². The van der Waals surface area contributed by atoms with Crippen LogP contribution in [-0.4, -0.2) is 25.8 Å². The van der Waals surface area contributed by atoms with Gasteiger partial charge in [0.2, 0.25) is 0 Å². The third-order valence-corrected chi connectivity index (χ3v) is 5.19. The average molecular weight is 334 g/mol. The lowest BCUT2D eigenvalue weighted by atomic mass is 9.72. The first-order chi connectivity index (χ1) is 11.1. The van der Waals surface area contributed by atoms with Gasteiger partial charge in [0, 0.05) is 17.0 Å². The van der Waals surface area contributed by atoms with Crippen molar-refractivity contribution in [2.75, 3.05) is 0 Å². The summed E-state index contributed by atoms with van der Waals surface area (Å²) in [5.74, 6) is -0.419. The van der Waals surface area contributed by atoms with Crippen LogP contribution in [0.4, 0.5) is 0 Å². The van der Waals surface area contributed by atoms with Gasteiger partial charge < -0.3 is 5.11 Å². The fourth-order valence-corrected chi connectivity index (χ4v) is 4.00. The highest BCUT2D eigenvalue weighted by Crippen LogP contribution is 2.48. The van der Waals surface area contributed by atoms with Gasteiger partial charge in [-0.3, -0.25) is 9.48 Å². The Morgan fingerprint density at radius 3 is 2.83 bits per heavy atom. The molecule has 23 heavy (non-hydrogen) atoms. The predicted octanol–water partition coefficient (Wildman–Crippen LogP) is 3.44. The van der Waals surface area contributed by atoms with Crippen LogP contribution in [-0.2, 0) is 17.8 Å². The second kappa shape index (κ2) is 6.71. The second-order valence-electron chi connectivity index (χ2n) is 6.45. The molecular weight excluding hydrogens is 314 g/mol. The molecule has 6 heteroatoms. The fraction of sp³-hybridized carbons (Fsp3) is 0.471. The molecule has 0 saturated heterocycles. The van der Waals surface area contributed by atoms with Crippen molar-refractivity contribution in [1.82, 2.24) is 14.8 Å². The van der Waals surface area contributed by atoms with E-state index in [0.717, 1.165) is 30.7 Å². The third kappa shape index (κ3) is 3.72. The summed E-state index contributed by atoms with van der Waals surface area (Å²) in [6.45, 7) is 0.609. The molecule has 1 aromatic carbocycles. The highest BCUT2D eigenvalue weighted by Gasteiger charge is 2.44. The highest BCUT2D eigenvalue weighted by atomic mass is 35.5. The quantitative estimate of drug-likeness (QED) is 0.879. The molecule has 1 aliphatic carbocycles. The molecule has 0 aliphatic heterocycles. The molecule has 2 atom stereocenters. The summed E-state index contributed by atoms with van der Waals surface area (Å²) in [5.41, 5.74) is 0.939. The maximum Gasteiger partial charge on any atom is 0.303 e. The summed E-state index contributed by atoms with van der Waals surface area (Å²) in [5, 5.41) is 14.3. The Bertz CT molecular complexity index is 657. The molecule has 2 unspecified atom stereocenters. The Hall–Kier alpha value is -1.88. The molecule has 1 aromatic heterocycles. The molecule has 0 amide bonds. The summed E-state index contributed by atoms with van der Waals surface area (Å²) < 4.78 is 1.77. The Balaban J connectivity index is 1.83. The molecule has 0 bridgehead atoms. The summed E-state index contributed by atoms with van der Waals surface area (Å²) in [7, 11) is 0. The van der Waals surface area contributed by atoms with E-state index in [1.165, 1.54) is 11.9 Å². The van der Waals surface area contributed by atoms with Gasteiger partial charge in [-0.1, -0.05) is 30.2 Å². The molecular formula is C17H20ClN3O2. The van der Waals surface area contributed by atoms with Crippen molar-refractivity contribution in [2.24, 2.45) is 11.3 Å². The smallest absolute Gasteiger partial charge is 0.303 e. The lowest BCUT2D eigenvalue weighted by molar-refractivity contribution is -0.140. The second-order valence-corrected chi connectivity index (χ2v) is 6.88. The van der Waals surface area contributed by atoms with Gasteiger partial charge in [0.1, 0.15) is 12.7 Å². The summed E-state index contributed by atoms with van der Waals surface area (Å²) in [6.07, 6.45) is 7.23. The van der Waals surface area contributed by atoms with Crippen LogP contribution in [0.3, 0.4) is 0 Å². The van der Waals surface area contributed by atoms with Gasteiger partial charge in [-0.15, -0.1) is 0 Å². The van der Waals surface area contributed by atoms with E-state index in [9.17, 15) is 9.90 Å². The van der Waals surface area contributed by atoms with Crippen molar-refractivity contribution in [3.63, 3.8) is 0 Å². The molecule has 1 aliphatic rings. The number of halogens is 1. The average Bonchev–Trinajstić information content (AvgIpc) is 3.12. The monoisotopic (exact) mass is 333 g/mol. The highest BCUT2D eigenvalue weighted by molar-refractivity contribution is 6.30. The van der Waals surface area contributed by atoms with Crippen molar-refractivity contribution < 1.29 is 9.90 Å². The van der Waals surface area contributed by atoms with Crippen LogP contribution < -0.4 is 0 Å². The first-order valence-corrected chi connectivity index (χ1v) is 8.24. The van der Waals surface area contributed by atoms with Gasteiger partial charge in [0.25, 0.3) is 0 Å². The van der Waals surface area contributed by atoms with Crippen LogP contribution in [0.5, 0.6) is 0 Å². The molecule has 2 aromatic rings. The Labute approximate surface area is 140 Å². The van der Waals surface area contributed by atoms with Crippen molar-refractivity contribution >= 4 is 17.6 Å². The van der Waals surface area contributed by atoms with Crippen molar-refractivity contribution in [3.05, 3.63) is 47.5 Å². The van der Waals surface area contributed by atoms with Gasteiger partial charge in [-0.2, -0.15) is 5.10 Å². The van der Waals surface area contributed by atoms with Crippen LogP contribution >= 0.6 is 11.6 Å². The van der Waals surface area contributed by atoms with Crippen molar-refractivity contribution in [1.29, 1.82) is 0 Å². The first-order valence-electron chi connectivity index (χ1n) is 7.86. The fourth-order valence-electron chi connectivity index (χ4n) is 3.87. The standard InChI is InChI=1S/C17H20ClN3O2/c18-15-5-3-13(4-6-15)8-14-2-1-7-17(14,9-16(22)23)10-21-12-19-11-20-21/h3-6,11-12,14H,1-2,7-10H2,(H,22,23). The Morgan fingerprint density at radius 2 is 2.17 bits per heavy atom. The first kappa shape index (κ1) is 16.0. The predicted molar refractivity (Wildman–Crippen MR) is 87.2 cm³/mol. The molecule has 3 rings (SSSR count). The topological polar surface area (TPSA) is 68.0 Å². The van der Waals surface area contributed by atoms with Gasteiger partial charge in [0.15, 0.2) is 0 Å². The summed E-state index contributed by atoms with van der Waals surface area (Å²) >= 11 is 5.95. The number of aliphatic carboxylic acids is 1. The molecule has 1 heterocycles. The number of aromatic nitrogens is 3. The van der Waals surface area contributed by atoms with Gasteiger partial charge in [0.05, 0.1) is 6.42 Å². The van der Waals surface area contributed by atoms with E-state index >= 15 is 0 Å². The molecule has 1 N–H and O–H groups in total. The maximum atomic E-state index is 11.5. The van der Waals surface area contributed by atoms with E-state index in [4.69, 9.17) is 11.6 Å². The van der Waals surface area contributed by atoms with E-state index < -0.39 is 5.97 Å². The zero-order valence-electron chi connectivity index (χ0n) is 12.9. The zero-order chi connectivity index (χ0) is 16.3. The number of carbonyl (C=O) groups is 1. The molecule has 0 spiro atoms. The molecule has 122 valence electrons. The van der Waals surface area contributed by atoms with Gasteiger partial charge in [-0.25, -0.2) is 4.98 Å². The number of benzene rings is 1. The SMILES string of the molecule is O=C(O)CC1(Cn2cncn2)CCCC1Cc1ccc(Cl)cc1. The molecule has 0 radical (unpaired) electrons. The zero-order valence-corrected chi connectivity index (χ0v) is 13.6. The lowest BCUT2D eigenvalue weighted by Crippen LogP contribution is -2.35. The lowest BCUT2D eigenvalue weighted by Gasteiger charge is -2.34. The number of hydrogen-bond donors (Lipinski definition) is 1. The van der Waals surface area contributed by atoms with Crippen LogP contribution in [0.2, 0.25) is 5.02 Å². The molecule has 5 nitrogen and oxygen atoms in total. The van der Waals surface area contributed by atoms with E-state index in [1.54, 1.807) is 11.0 Å². The Morgan fingerprint density at radius 1 is 1.39 bits per heavy atom. The van der Waals surface area contributed by atoms with E-state index in [2.05, 4.69) is 10.1 Å². The van der Waals surface area contributed by atoms with Crippen LogP contribution in [0.15, 0.2) is 36.9 Å². The van der Waals surface area contributed by atoms with Crippen LogP contribution in [0.1, 0.15) is 31.2 Å². The molecule has 1 saturated carbocycles. The van der Waals surface area contributed by atoms with Crippen LogP contribution in [0, 0.1) is 11.3 Å². The van der Waals surface area contributed by atoms with Crippen LogP contribution in [0.25, 0.3) is 0 Å². The Kier molecular flexibility index (Phi) is 4.66. The number of nitrogens with zero attached hydrogens (tertiary/aromatic N) is 3. The minimum Gasteiger partial charge on any atom is -0.481 e. The third-order valence-electron chi connectivity index (χ3n) is 4.94. The number of carboxylic acids is 1. The van der Waals surface area contributed by atoms with Crippen molar-refractivity contribution in [2.45, 2.75) is 38.6 Å². The summed E-state index contributed by atoms with van der Waals surface area (Å²) in [6, 6.07) is 7.84. The van der Waals surface area contributed by atoms with E-state index in [1.807, 2.05) is 24.3 Å². The summed E-state index contributed by atoms with van der Waals surface area (Å²) in [4.78, 5) is 15.5. The largest absolute Gasteiger partial charge is 0.481 e. The number of rotatable bonds is 6. The number of carboxylic acid groups (broad SMARTS) is 1. The normalized spacial score (nSPS) is 24.0. The van der Waals surface area contributed by atoms with Gasteiger partial charge in [-0.05, 0) is 42.9 Å². The minimum absolute atomic E-state index is 0.172. The maximum absolute atomic E-state index is 11.5. The minimum atomic E-state index is -0.742.